The maximum absolute atomic E-state index is 12.1. The molecule has 0 aliphatic carbocycles. The highest BCUT2D eigenvalue weighted by molar-refractivity contribution is 6.07. The van der Waals surface area contributed by atoms with E-state index in [1.54, 1.807) is 6.92 Å². The van der Waals surface area contributed by atoms with E-state index in [2.05, 4.69) is 47.7 Å². The van der Waals surface area contributed by atoms with Crippen molar-refractivity contribution in [1.29, 1.82) is 0 Å². The molecule has 2 fully saturated rings. The van der Waals surface area contributed by atoms with Crippen LogP contribution >= 0.6 is 0 Å². The van der Waals surface area contributed by atoms with E-state index in [9.17, 15) is 4.79 Å². The molecular weight excluding hydrogens is 356 g/mol. The maximum atomic E-state index is 12.1. The van der Waals surface area contributed by atoms with Crippen LogP contribution in [0, 0.1) is 12.8 Å². The van der Waals surface area contributed by atoms with Gasteiger partial charge in [-0.05, 0) is 57.4 Å². The summed E-state index contributed by atoms with van der Waals surface area (Å²) in [6.07, 6.45) is 14.6. The lowest BCUT2D eigenvalue weighted by Gasteiger charge is -2.39. The Labute approximate surface area is 176 Å². The Kier molecular flexibility index (Phi) is 6.44. The predicted octanol–water partition coefficient (Wildman–Crippen LogP) is 6.37. The number of hydrogen-bond acceptors (Lipinski definition) is 2. The fourth-order valence-corrected chi connectivity index (χ4v) is 6.10. The largest absolute Gasteiger partial charge is 0.346 e. The van der Waals surface area contributed by atoms with E-state index in [1.165, 1.54) is 75.4 Å². The highest BCUT2D eigenvalue weighted by atomic mass is 16.1. The summed E-state index contributed by atoms with van der Waals surface area (Å²) in [5, 5.41) is 1.12. The van der Waals surface area contributed by atoms with Gasteiger partial charge in [-0.2, -0.15) is 0 Å². The van der Waals surface area contributed by atoms with E-state index < -0.39 is 0 Å². The minimum atomic E-state index is 0.169. The van der Waals surface area contributed by atoms with Gasteiger partial charge in [0.05, 0.1) is 5.52 Å². The van der Waals surface area contributed by atoms with Gasteiger partial charge in [-0.1, -0.05) is 50.8 Å². The normalized spacial score (nSPS) is 24.4. The van der Waals surface area contributed by atoms with Gasteiger partial charge in [-0.25, -0.2) is 0 Å². The van der Waals surface area contributed by atoms with Gasteiger partial charge in [0.15, 0.2) is 5.78 Å². The lowest BCUT2D eigenvalue weighted by Crippen LogP contribution is -2.43. The van der Waals surface area contributed by atoms with Crippen LogP contribution in [0.2, 0.25) is 0 Å². The Morgan fingerprint density at radius 3 is 2.52 bits per heavy atom. The Morgan fingerprint density at radius 2 is 1.83 bits per heavy atom. The molecule has 0 spiro atoms. The average molecular weight is 395 g/mol. The molecule has 0 N–H and O–H groups in total. The number of unbranched alkanes of at least 4 members (excludes halogenated alkanes) is 2. The first-order valence-corrected chi connectivity index (χ1v) is 11.9. The number of fused-ring (bicyclic) bond motifs is 3. The summed E-state index contributed by atoms with van der Waals surface area (Å²) in [6, 6.07) is 7.98. The summed E-state index contributed by atoms with van der Waals surface area (Å²) < 4.78 is 2.33. The Morgan fingerprint density at radius 1 is 1.07 bits per heavy atom. The fraction of sp³-hybridized carbons (Fsp3) is 0.654. The number of Topliss-reactive ketones (excluding diaryl/α,β-unsaturated/α-hetero) is 1. The Balaban J connectivity index is 1.37. The van der Waals surface area contributed by atoms with Crippen molar-refractivity contribution < 1.29 is 4.79 Å². The summed E-state index contributed by atoms with van der Waals surface area (Å²) in [5.41, 5.74) is 3.38. The van der Waals surface area contributed by atoms with E-state index in [-0.39, 0.29) is 5.78 Å². The number of carbonyl (C=O) groups excluding carboxylic acids is 1. The average Bonchev–Trinajstić information content (AvgIpc) is 3.18. The van der Waals surface area contributed by atoms with Crippen molar-refractivity contribution in [2.45, 2.75) is 97.2 Å². The molecule has 0 saturated carbocycles. The molecule has 158 valence electrons. The van der Waals surface area contributed by atoms with Crippen molar-refractivity contribution in [1.82, 2.24) is 9.47 Å². The highest BCUT2D eigenvalue weighted by Crippen LogP contribution is 2.40. The fourth-order valence-electron chi connectivity index (χ4n) is 6.10. The molecule has 2 aromatic rings. The van der Waals surface area contributed by atoms with Crippen molar-refractivity contribution in [3.63, 3.8) is 0 Å². The number of para-hydroxylation sites is 1. The second kappa shape index (κ2) is 9.04. The minimum Gasteiger partial charge on any atom is -0.346 e. The molecule has 2 saturated heterocycles. The van der Waals surface area contributed by atoms with Crippen LogP contribution in [0.1, 0.15) is 87.6 Å². The summed E-state index contributed by atoms with van der Waals surface area (Å²) in [4.78, 5) is 14.9. The summed E-state index contributed by atoms with van der Waals surface area (Å²) >= 11 is 0. The van der Waals surface area contributed by atoms with Gasteiger partial charge < -0.3 is 4.57 Å². The van der Waals surface area contributed by atoms with Crippen molar-refractivity contribution in [2.75, 3.05) is 6.54 Å². The number of aryl methyl sites for hydroxylation is 2. The van der Waals surface area contributed by atoms with Crippen LogP contribution in [0.25, 0.3) is 10.9 Å². The zero-order valence-electron chi connectivity index (χ0n) is 18.6. The quantitative estimate of drug-likeness (QED) is 0.365. The van der Waals surface area contributed by atoms with Crippen LogP contribution in [0.3, 0.4) is 0 Å². The Bertz CT molecular complexity index is 838. The number of nitrogens with zero attached hydrogens (tertiary/aromatic N) is 2. The molecule has 3 heterocycles. The molecule has 3 nitrogen and oxygen atoms in total. The van der Waals surface area contributed by atoms with Crippen molar-refractivity contribution in [3.05, 3.63) is 35.5 Å². The van der Waals surface area contributed by atoms with Gasteiger partial charge in [0, 0.05) is 42.3 Å². The van der Waals surface area contributed by atoms with Gasteiger partial charge in [-0.15, -0.1) is 0 Å². The molecule has 1 aromatic heterocycles. The number of benzene rings is 1. The third kappa shape index (κ3) is 4.30. The van der Waals surface area contributed by atoms with Gasteiger partial charge >= 0.3 is 0 Å². The predicted molar refractivity (Wildman–Crippen MR) is 122 cm³/mol. The maximum Gasteiger partial charge on any atom is 0.161 e. The first-order chi connectivity index (χ1) is 14.1. The number of ketones is 1. The van der Waals surface area contributed by atoms with E-state index >= 15 is 0 Å². The lowest BCUT2D eigenvalue weighted by molar-refractivity contribution is 0.0966. The highest BCUT2D eigenvalue weighted by Gasteiger charge is 2.39. The monoisotopic (exact) mass is 394 g/mol. The molecule has 3 heteroatoms. The van der Waals surface area contributed by atoms with Gasteiger partial charge in [0.2, 0.25) is 0 Å². The molecule has 1 aromatic carbocycles. The molecule has 2 aliphatic heterocycles. The molecule has 0 radical (unpaired) electrons. The van der Waals surface area contributed by atoms with Gasteiger partial charge in [0.1, 0.15) is 0 Å². The summed E-state index contributed by atoms with van der Waals surface area (Å²) in [5.74, 6) is 1.15. The van der Waals surface area contributed by atoms with Crippen LogP contribution in [-0.4, -0.2) is 33.9 Å². The molecule has 4 rings (SSSR count). The van der Waals surface area contributed by atoms with E-state index in [4.69, 9.17) is 0 Å². The van der Waals surface area contributed by atoms with Crippen molar-refractivity contribution >= 4 is 16.7 Å². The van der Waals surface area contributed by atoms with Crippen LogP contribution in [-0.2, 0) is 6.54 Å². The molecule has 29 heavy (non-hydrogen) atoms. The molecule has 2 aliphatic rings. The van der Waals surface area contributed by atoms with Crippen LogP contribution in [0.15, 0.2) is 24.4 Å². The van der Waals surface area contributed by atoms with Gasteiger partial charge in [-0.3, -0.25) is 9.69 Å². The first-order valence-electron chi connectivity index (χ1n) is 11.9. The standard InChI is InChI=1S/C26H38N2O/c1-4-5-6-10-21-16-22-12-13-23(17-21)28(22)15-8-14-27-18-25(20(3)29)24-11-7-9-19(2)26(24)27/h7,9,11,18,21-23H,4-6,8,10,12-17H2,1-3H3/t21-,22+,23-. The number of hydrogen-bond donors (Lipinski definition) is 0. The number of carbonyl (C=O) groups is 1. The molecule has 2 bridgehead atoms. The van der Waals surface area contributed by atoms with Crippen LogP contribution in [0.4, 0.5) is 0 Å². The van der Waals surface area contributed by atoms with E-state index in [1.807, 2.05) is 0 Å². The molecular formula is C26H38N2O. The molecule has 0 unspecified atom stereocenters. The van der Waals surface area contributed by atoms with E-state index in [0.717, 1.165) is 35.5 Å². The van der Waals surface area contributed by atoms with Crippen LogP contribution < -0.4 is 0 Å². The zero-order valence-corrected chi connectivity index (χ0v) is 18.6. The SMILES string of the molecule is CCCCC[C@H]1C[C@H]2CC[C@@H](C1)N2CCCn1cc(C(C)=O)c2cccc(C)c21. The molecule has 0 amide bonds. The van der Waals surface area contributed by atoms with E-state index in [0.29, 0.717) is 0 Å². The topological polar surface area (TPSA) is 25.2 Å². The summed E-state index contributed by atoms with van der Waals surface area (Å²) in [7, 11) is 0. The van der Waals surface area contributed by atoms with Crippen molar-refractivity contribution in [2.24, 2.45) is 5.92 Å². The number of piperidine rings is 1. The summed E-state index contributed by atoms with van der Waals surface area (Å²) in [6.45, 7) is 8.36. The van der Waals surface area contributed by atoms with Crippen LogP contribution in [0.5, 0.6) is 0 Å². The third-order valence-electron chi connectivity index (χ3n) is 7.49. The second-order valence-electron chi connectivity index (χ2n) is 9.57. The number of aromatic nitrogens is 1. The van der Waals surface area contributed by atoms with Crippen molar-refractivity contribution in [3.8, 4) is 0 Å². The number of rotatable bonds is 9. The third-order valence-corrected chi connectivity index (χ3v) is 7.49. The molecule has 3 atom stereocenters. The second-order valence-corrected chi connectivity index (χ2v) is 9.57. The zero-order chi connectivity index (χ0) is 20.4. The minimum absolute atomic E-state index is 0.169. The first kappa shape index (κ1) is 20.7. The van der Waals surface area contributed by atoms with Gasteiger partial charge in [0.25, 0.3) is 0 Å². The lowest BCUT2D eigenvalue weighted by atomic mass is 9.86. The smallest absolute Gasteiger partial charge is 0.161 e. The Hall–Kier alpha value is -1.61.